The summed E-state index contributed by atoms with van der Waals surface area (Å²) in [6.07, 6.45) is 2.05. The zero-order valence-corrected chi connectivity index (χ0v) is 14.8. The highest BCUT2D eigenvalue weighted by atomic mass is 16.5. The summed E-state index contributed by atoms with van der Waals surface area (Å²) in [5, 5.41) is 4.27. The molecular weight excluding hydrogens is 328 g/mol. The SMILES string of the molecule is CCOC(=O)c1nn(-c2cnc(OC)nc2OC)c(C(C)C)c1C=O. The Morgan fingerprint density at radius 2 is 2.04 bits per heavy atom. The molecule has 0 spiro atoms. The van der Waals surface area contributed by atoms with Crippen LogP contribution in [-0.4, -0.2) is 52.8 Å². The van der Waals surface area contributed by atoms with Crippen molar-refractivity contribution in [2.24, 2.45) is 0 Å². The molecule has 0 saturated heterocycles. The van der Waals surface area contributed by atoms with Gasteiger partial charge in [-0.1, -0.05) is 13.8 Å². The zero-order chi connectivity index (χ0) is 18.6. The van der Waals surface area contributed by atoms with Gasteiger partial charge in [0.25, 0.3) is 0 Å². The maximum Gasteiger partial charge on any atom is 0.359 e. The van der Waals surface area contributed by atoms with Crippen molar-refractivity contribution >= 4 is 12.3 Å². The van der Waals surface area contributed by atoms with Crippen molar-refractivity contribution in [1.29, 1.82) is 0 Å². The lowest BCUT2D eigenvalue weighted by atomic mass is 10.0. The monoisotopic (exact) mass is 348 g/mol. The Balaban J connectivity index is 2.73. The third kappa shape index (κ3) is 3.44. The molecule has 0 bridgehead atoms. The maximum absolute atomic E-state index is 12.2. The first-order chi connectivity index (χ1) is 12.0. The molecule has 0 amide bonds. The van der Waals surface area contributed by atoms with E-state index in [4.69, 9.17) is 14.2 Å². The van der Waals surface area contributed by atoms with Crippen LogP contribution in [0.1, 0.15) is 53.2 Å². The fourth-order valence-corrected chi connectivity index (χ4v) is 2.39. The maximum atomic E-state index is 12.2. The first kappa shape index (κ1) is 18.4. The molecular formula is C16H20N4O5. The Morgan fingerprint density at radius 1 is 1.32 bits per heavy atom. The third-order valence-corrected chi connectivity index (χ3v) is 3.41. The van der Waals surface area contributed by atoms with Crippen molar-refractivity contribution in [3.8, 4) is 17.6 Å². The molecule has 0 aromatic carbocycles. The van der Waals surface area contributed by atoms with E-state index < -0.39 is 5.97 Å². The van der Waals surface area contributed by atoms with E-state index in [9.17, 15) is 9.59 Å². The van der Waals surface area contributed by atoms with Crippen LogP contribution in [0.2, 0.25) is 0 Å². The quantitative estimate of drug-likeness (QED) is 0.551. The number of esters is 1. The predicted molar refractivity (Wildman–Crippen MR) is 87.7 cm³/mol. The zero-order valence-electron chi connectivity index (χ0n) is 14.8. The molecule has 0 aliphatic rings. The highest BCUT2D eigenvalue weighted by Gasteiger charge is 2.27. The number of rotatable bonds is 7. The van der Waals surface area contributed by atoms with Gasteiger partial charge in [0.1, 0.15) is 5.69 Å². The Kier molecular flexibility index (Phi) is 5.68. The van der Waals surface area contributed by atoms with Gasteiger partial charge in [-0.15, -0.1) is 0 Å². The normalized spacial score (nSPS) is 10.6. The van der Waals surface area contributed by atoms with E-state index in [1.165, 1.54) is 25.1 Å². The summed E-state index contributed by atoms with van der Waals surface area (Å²) in [6, 6.07) is 0.125. The molecule has 134 valence electrons. The topological polar surface area (TPSA) is 105 Å². The molecule has 0 atom stereocenters. The van der Waals surface area contributed by atoms with Crippen LogP contribution < -0.4 is 9.47 Å². The van der Waals surface area contributed by atoms with Crippen molar-refractivity contribution < 1.29 is 23.8 Å². The van der Waals surface area contributed by atoms with Gasteiger partial charge in [-0.05, 0) is 12.8 Å². The van der Waals surface area contributed by atoms with Gasteiger partial charge >= 0.3 is 12.0 Å². The van der Waals surface area contributed by atoms with Crippen LogP contribution in [0.5, 0.6) is 11.9 Å². The fraction of sp³-hybridized carbons (Fsp3) is 0.438. The molecule has 0 N–H and O–H groups in total. The van der Waals surface area contributed by atoms with E-state index in [2.05, 4.69) is 15.1 Å². The average Bonchev–Trinajstić information content (AvgIpc) is 3.00. The lowest BCUT2D eigenvalue weighted by molar-refractivity contribution is 0.0516. The highest BCUT2D eigenvalue weighted by molar-refractivity contribution is 5.97. The number of carbonyl (C=O) groups excluding carboxylic acids is 2. The predicted octanol–water partition coefficient (Wildman–Crippen LogP) is 1.79. The molecule has 0 radical (unpaired) electrons. The van der Waals surface area contributed by atoms with Crippen LogP contribution in [0, 0.1) is 0 Å². The van der Waals surface area contributed by atoms with Gasteiger partial charge in [-0.2, -0.15) is 10.1 Å². The number of aldehydes is 1. The van der Waals surface area contributed by atoms with Crippen molar-refractivity contribution in [3.05, 3.63) is 23.1 Å². The number of carbonyl (C=O) groups is 2. The molecule has 0 unspecified atom stereocenters. The number of hydrogen-bond acceptors (Lipinski definition) is 8. The molecule has 2 rings (SSSR count). The van der Waals surface area contributed by atoms with Gasteiger partial charge in [0.2, 0.25) is 5.88 Å². The van der Waals surface area contributed by atoms with Gasteiger partial charge < -0.3 is 14.2 Å². The summed E-state index contributed by atoms with van der Waals surface area (Å²) in [6.45, 7) is 5.62. The Labute approximate surface area is 144 Å². The Morgan fingerprint density at radius 3 is 2.56 bits per heavy atom. The molecule has 9 nitrogen and oxygen atoms in total. The summed E-state index contributed by atoms with van der Waals surface area (Å²) in [4.78, 5) is 31.9. The van der Waals surface area contributed by atoms with Crippen LogP contribution in [0.15, 0.2) is 6.20 Å². The van der Waals surface area contributed by atoms with Crippen LogP contribution in [0.4, 0.5) is 0 Å². The number of hydrogen-bond donors (Lipinski definition) is 0. The molecule has 0 saturated carbocycles. The van der Waals surface area contributed by atoms with E-state index in [0.29, 0.717) is 17.7 Å². The summed E-state index contributed by atoms with van der Waals surface area (Å²) in [5.41, 5.74) is 1.03. The van der Waals surface area contributed by atoms with Crippen molar-refractivity contribution in [1.82, 2.24) is 19.7 Å². The average molecular weight is 348 g/mol. The Hall–Kier alpha value is -2.97. The first-order valence-corrected chi connectivity index (χ1v) is 7.69. The van der Waals surface area contributed by atoms with Crippen molar-refractivity contribution in [2.45, 2.75) is 26.7 Å². The van der Waals surface area contributed by atoms with E-state index in [0.717, 1.165) is 0 Å². The fourth-order valence-electron chi connectivity index (χ4n) is 2.39. The lowest BCUT2D eigenvalue weighted by Gasteiger charge is -2.13. The second kappa shape index (κ2) is 7.73. The minimum Gasteiger partial charge on any atom is -0.479 e. The molecule has 9 heteroatoms. The van der Waals surface area contributed by atoms with Crippen LogP contribution >= 0.6 is 0 Å². The van der Waals surface area contributed by atoms with Gasteiger partial charge in [0.05, 0.1) is 38.3 Å². The standard InChI is InChI=1S/C16H20N4O5/c1-6-25-15(22)12-10(8-21)13(9(2)3)20(19-12)11-7-17-16(24-5)18-14(11)23-4/h7-9H,6H2,1-5H3. The minimum atomic E-state index is -0.668. The van der Waals surface area contributed by atoms with Crippen LogP contribution in [0.3, 0.4) is 0 Å². The molecule has 2 aromatic rings. The van der Waals surface area contributed by atoms with Gasteiger partial charge in [0.15, 0.2) is 12.0 Å². The minimum absolute atomic E-state index is 0.0570. The summed E-state index contributed by atoms with van der Waals surface area (Å²) in [7, 11) is 2.88. The molecule has 2 heterocycles. The summed E-state index contributed by atoms with van der Waals surface area (Å²) < 4.78 is 16.7. The Bertz CT molecular complexity index is 785. The second-order valence-corrected chi connectivity index (χ2v) is 5.30. The van der Waals surface area contributed by atoms with Crippen molar-refractivity contribution in [2.75, 3.05) is 20.8 Å². The molecule has 0 fully saturated rings. The first-order valence-electron chi connectivity index (χ1n) is 7.69. The number of nitrogens with zero attached hydrogens (tertiary/aromatic N) is 4. The number of ether oxygens (including phenoxy) is 3. The van der Waals surface area contributed by atoms with Gasteiger partial charge in [-0.25, -0.2) is 14.5 Å². The van der Waals surface area contributed by atoms with Crippen molar-refractivity contribution in [3.63, 3.8) is 0 Å². The molecule has 2 aromatic heterocycles. The van der Waals surface area contributed by atoms with Gasteiger partial charge in [0, 0.05) is 0 Å². The second-order valence-electron chi connectivity index (χ2n) is 5.30. The lowest BCUT2D eigenvalue weighted by Crippen LogP contribution is -2.10. The van der Waals surface area contributed by atoms with E-state index in [1.54, 1.807) is 6.92 Å². The summed E-state index contributed by atoms with van der Waals surface area (Å²) in [5.74, 6) is -0.578. The largest absolute Gasteiger partial charge is 0.479 e. The third-order valence-electron chi connectivity index (χ3n) is 3.41. The van der Waals surface area contributed by atoms with Gasteiger partial charge in [-0.3, -0.25) is 4.79 Å². The molecule has 0 aliphatic carbocycles. The molecule has 25 heavy (non-hydrogen) atoms. The van der Waals surface area contributed by atoms with Crippen LogP contribution in [0.25, 0.3) is 5.69 Å². The van der Waals surface area contributed by atoms with E-state index >= 15 is 0 Å². The summed E-state index contributed by atoms with van der Waals surface area (Å²) >= 11 is 0. The van der Waals surface area contributed by atoms with Crippen LogP contribution in [-0.2, 0) is 4.74 Å². The van der Waals surface area contributed by atoms with E-state index in [1.807, 2.05) is 13.8 Å². The number of methoxy groups -OCH3 is 2. The highest BCUT2D eigenvalue weighted by Crippen LogP contribution is 2.29. The van der Waals surface area contributed by atoms with E-state index in [-0.39, 0.29) is 35.7 Å². The smallest absolute Gasteiger partial charge is 0.359 e. The molecule has 0 aliphatic heterocycles. The number of aromatic nitrogens is 4.